The molecule has 0 unspecified atom stereocenters. The molecule has 0 spiro atoms. The van der Waals surface area contributed by atoms with Crippen LogP contribution in [0.2, 0.25) is 0 Å². The maximum absolute atomic E-state index is 12.7. The molecule has 2 amide bonds. The highest BCUT2D eigenvalue weighted by atomic mass is 16.2. The molecule has 0 aliphatic heterocycles. The smallest absolute Gasteiger partial charge is 0.272 e. The Morgan fingerprint density at radius 3 is 2.37 bits per heavy atom. The minimum Gasteiger partial charge on any atom is -0.354 e. The number of hydrogen-bond donors (Lipinski definition) is 2. The standard InChI is InChI=1S/C21H25N3O3/c1-4-24(5-2)21(27)14-9-11-15(12-10-14)22-20(26)19-13(3)18-16(23-19)7-6-8-17(18)25/h9-12,23H,4-8H2,1-3H3,(H,22,26). The number of benzene rings is 1. The van der Waals surface area contributed by atoms with Gasteiger partial charge in [-0.25, -0.2) is 0 Å². The topological polar surface area (TPSA) is 82.3 Å². The van der Waals surface area contributed by atoms with Crippen molar-refractivity contribution >= 4 is 23.3 Å². The van der Waals surface area contributed by atoms with Crippen molar-refractivity contribution in [2.45, 2.75) is 40.0 Å². The normalized spacial score (nSPS) is 13.2. The van der Waals surface area contributed by atoms with Crippen LogP contribution in [0.4, 0.5) is 5.69 Å². The van der Waals surface area contributed by atoms with E-state index in [1.165, 1.54) is 0 Å². The van der Waals surface area contributed by atoms with E-state index < -0.39 is 0 Å². The number of anilines is 1. The zero-order chi connectivity index (χ0) is 19.6. The predicted octanol–water partition coefficient (Wildman–Crippen LogP) is 3.58. The van der Waals surface area contributed by atoms with Gasteiger partial charge in [-0.15, -0.1) is 0 Å². The number of rotatable bonds is 5. The van der Waals surface area contributed by atoms with Gasteiger partial charge in [0, 0.05) is 42.0 Å². The summed E-state index contributed by atoms with van der Waals surface area (Å²) in [6.45, 7) is 7.00. The fourth-order valence-electron chi connectivity index (χ4n) is 3.58. The molecule has 3 rings (SSSR count). The second kappa shape index (κ2) is 7.78. The fourth-order valence-corrected chi connectivity index (χ4v) is 3.58. The average Bonchev–Trinajstić information content (AvgIpc) is 3.01. The van der Waals surface area contributed by atoms with E-state index >= 15 is 0 Å². The molecule has 6 nitrogen and oxygen atoms in total. The number of carbonyl (C=O) groups excluding carboxylic acids is 3. The van der Waals surface area contributed by atoms with Crippen LogP contribution in [0.15, 0.2) is 24.3 Å². The highest BCUT2D eigenvalue weighted by Gasteiger charge is 2.26. The molecule has 0 saturated carbocycles. The van der Waals surface area contributed by atoms with Gasteiger partial charge in [0.1, 0.15) is 5.69 Å². The van der Waals surface area contributed by atoms with E-state index in [2.05, 4.69) is 10.3 Å². The van der Waals surface area contributed by atoms with E-state index in [4.69, 9.17) is 0 Å². The Morgan fingerprint density at radius 2 is 1.78 bits per heavy atom. The lowest BCUT2D eigenvalue weighted by atomic mass is 9.94. The lowest BCUT2D eigenvalue weighted by Crippen LogP contribution is -2.30. The van der Waals surface area contributed by atoms with Crippen LogP contribution in [0, 0.1) is 6.92 Å². The minimum absolute atomic E-state index is 0.0238. The number of aryl methyl sites for hydroxylation is 1. The summed E-state index contributed by atoms with van der Waals surface area (Å²) in [5.41, 5.74) is 3.86. The maximum Gasteiger partial charge on any atom is 0.272 e. The SMILES string of the molecule is CCN(CC)C(=O)c1ccc(NC(=O)c2[nH]c3c(c2C)C(=O)CCC3)cc1. The summed E-state index contributed by atoms with van der Waals surface area (Å²) in [6, 6.07) is 6.87. The number of nitrogens with zero attached hydrogens (tertiary/aromatic N) is 1. The first-order valence-electron chi connectivity index (χ1n) is 9.41. The van der Waals surface area contributed by atoms with Gasteiger partial charge in [-0.3, -0.25) is 14.4 Å². The van der Waals surface area contributed by atoms with Crippen molar-refractivity contribution in [1.29, 1.82) is 0 Å². The Labute approximate surface area is 159 Å². The zero-order valence-corrected chi connectivity index (χ0v) is 16.0. The van der Waals surface area contributed by atoms with E-state index in [-0.39, 0.29) is 17.6 Å². The molecule has 142 valence electrons. The average molecular weight is 367 g/mol. The molecule has 1 heterocycles. The molecule has 0 fully saturated rings. The summed E-state index contributed by atoms with van der Waals surface area (Å²) in [7, 11) is 0. The van der Waals surface area contributed by atoms with Crippen LogP contribution in [0.3, 0.4) is 0 Å². The first-order valence-corrected chi connectivity index (χ1v) is 9.41. The van der Waals surface area contributed by atoms with Gasteiger partial charge in [0.2, 0.25) is 0 Å². The van der Waals surface area contributed by atoms with Gasteiger partial charge in [0.15, 0.2) is 5.78 Å². The molecule has 0 bridgehead atoms. The Balaban J connectivity index is 1.75. The molecule has 2 aromatic rings. The van der Waals surface area contributed by atoms with Crippen molar-refractivity contribution < 1.29 is 14.4 Å². The number of aromatic amines is 1. The lowest BCUT2D eigenvalue weighted by molar-refractivity contribution is 0.0772. The molecular weight excluding hydrogens is 342 g/mol. The largest absolute Gasteiger partial charge is 0.354 e. The molecule has 0 radical (unpaired) electrons. The summed E-state index contributed by atoms with van der Waals surface area (Å²) < 4.78 is 0. The first-order chi connectivity index (χ1) is 13.0. The molecular formula is C21H25N3O3. The Bertz CT molecular complexity index is 877. The molecule has 27 heavy (non-hydrogen) atoms. The van der Waals surface area contributed by atoms with Crippen molar-refractivity contribution in [3.8, 4) is 0 Å². The third-order valence-electron chi connectivity index (χ3n) is 5.10. The molecule has 2 N–H and O–H groups in total. The van der Waals surface area contributed by atoms with Crippen LogP contribution in [-0.2, 0) is 6.42 Å². The van der Waals surface area contributed by atoms with Crippen molar-refractivity contribution in [1.82, 2.24) is 9.88 Å². The summed E-state index contributed by atoms with van der Waals surface area (Å²) >= 11 is 0. The number of H-pyrrole nitrogens is 1. The molecule has 0 saturated heterocycles. The van der Waals surface area contributed by atoms with Gasteiger partial charge in [0.05, 0.1) is 0 Å². The van der Waals surface area contributed by atoms with Gasteiger partial charge in [-0.05, 0) is 63.4 Å². The van der Waals surface area contributed by atoms with Gasteiger partial charge >= 0.3 is 0 Å². The van der Waals surface area contributed by atoms with Gasteiger partial charge in [-0.1, -0.05) is 0 Å². The van der Waals surface area contributed by atoms with E-state index in [1.807, 2.05) is 13.8 Å². The number of Topliss-reactive ketones (excluding diaryl/α,β-unsaturated/α-hetero) is 1. The molecule has 6 heteroatoms. The fraction of sp³-hybridized carbons (Fsp3) is 0.381. The molecule has 0 atom stereocenters. The highest BCUT2D eigenvalue weighted by Crippen LogP contribution is 2.27. The van der Waals surface area contributed by atoms with Crippen LogP contribution in [-0.4, -0.2) is 40.6 Å². The Kier molecular flexibility index (Phi) is 5.44. The number of nitrogens with one attached hydrogen (secondary N) is 2. The second-order valence-corrected chi connectivity index (χ2v) is 6.76. The van der Waals surface area contributed by atoms with Crippen molar-refractivity contribution in [3.63, 3.8) is 0 Å². The van der Waals surface area contributed by atoms with E-state index in [0.29, 0.717) is 47.6 Å². The monoisotopic (exact) mass is 367 g/mol. The highest BCUT2D eigenvalue weighted by molar-refractivity contribution is 6.08. The summed E-state index contributed by atoms with van der Waals surface area (Å²) in [4.78, 5) is 42.0. The quantitative estimate of drug-likeness (QED) is 0.847. The van der Waals surface area contributed by atoms with Crippen molar-refractivity contribution in [2.24, 2.45) is 0 Å². The van der Waals surface area contributed by atoms with E-state index in [1.54, 1.807) is 36.1 Å². The van der Waals surface area contributed by atoms with Crippen molar-refractivity contribution in [3.05, 3.63) is 52.3 Å². The third-order valence-corrected chi connectivity index (χ3v) is 5.10. The number of amides is 2. The van der Waals surface area contributed by atoms with E-state index in [9.17, 15) is 14.4 Å². The zero-order valence-electron chi connectivity index (χ0n) is 16.0. The van der Waals surface area contributed by atoms with Crippen LogP contribution in [0.25, 0.3) is 0 Å². The lowest BCUT2D eigenvalue weighted by Gasteiger charge is -2.18. The van der Waals surface area contributed by atoms with Gasteiger partial charge in [0.25, 0.3) is 11.8 Å². The molecule has 1 aromatic carbocycles. The summed E-state index contributed by atoms with van der Waals surface area (Å²) in [5.74, 6) is -0.204. The van der Waals surface area contributed by atoms with E-state index in [0.717, 1.165) is 18.5 Å². The number of fused-ring (bicyclic) bond motifs is 1. The first kappa shape index (κ1) is 18.9. The van der Waals surface area contributed by atoms with Crippen molar-refractivity contribution in [2.75, 3.05) is 18.4 Å². The van der Waals surface area contributed by atoms with Crippen LogP contribution in [0.1, 0.15) is 69.2 Å². The number of ketones is 1. The van der Waals surface area contributed by atoms with Gasteiger partial charge in [-0.2, -0.15) is 0 Å². The Morgan fingerprint density at radius 1 is 1.11 bits per heavy atom. The maximum atomic E-state index is 12.7. The summed E-state index contributed by atoms with van der Waals surface area (Å²) in [5, 5.41) is 2.84. The third kappa shape index (κ3) is 3.65. The van der Waals surface area contributed by atoms with Gasteiger partial charge < -0.3 is 15.2 Å². The summed E-state index contributed by atoms with van der Waals surface area (Å²) in [6.07, 6.45) is 2.14. The van der Waals surface area contributed by atoms with Crippen LogP contribution >= 0.6 is 0 Å². The second-order valence-electron chi connectivity index (χ2n) is 6.76. The van der Waals surface area contributed by atoms with Crippen LogP contribution in [0.5, 0.6) is 0 Å². The van der Waals surface area contributed by atoms with Crippen LogP contribution < -0.4 is 5.32 Å². The number of hydrogen-bond acceptors (Lipinski definition) is 3. The molecule has 1 aliphatic rings. The number of carbonyl (C=O) groups is 3. The molecule has 1 aliphatic carbocycles. The molecule has 1 aromatic heterocycles. The minimum atomic E-state index is -0.280. The predicted molar refractivity (Wildman–Crippen MR) is 104 cm³/mol. The Hall–Kier alpha value is -2.89. The number of aromatic nitrogens is 1.